The van der Waals surface area contributed by atoms with Gasteiger partial charge in [-0.2, -0.15) is 0 Å². The minimum Gasteiger partial charge on any atom is -0.356 e. The fraction of sp³-hybridized carbons (Fsp3) is 0.783. The van der Waals surface area contributed by atoms with Crippen LogP contribution in [0.5, 0.6) is 0 Å². The monoisotopic (exact) mass is 532 g/mol. The Morgan fingerprint density at radius 1 is 0.595 bits per heavy atom. The molecule has 0 aliphatic heterocycles. The van der Waals surface area contributed by atoms with Gasteiger partial charge in [0.05, 0.1) is 0 Å². The highest BCUT2D eigenvalue weighted by Gasteiger charge is 2.15. The largest absolute Gasteiger partial charge is 0.356 e. The number of amides is 5. The van der Waals surface area contributed by atoms with Crippen LogP contribution in [0.25, 0.3) is 0 Å². The molecule has 7 N–H and O–H groups in total. The molecule has 14 nitrogen and oxygen atoms in total. The number of hydrogen-bond acceptors (Lipinski definition) is 9. The lowest BCUT2D eigenvalue weighted by Gasteiger charge is -2.16. The van der Waals surface area contributed by atoms with Gasteiger partial charge in [0.25, 0.3) is 0 Å². The normalized spacial score (nSPS) is 10.5. The first-order chi connectivity index (χ1) is 17.6. The van der Waals surface area contributed by atoms with Gasteiger partial charge in [0.15, 0.2) is 0 Å². The molecule has 0 aliphatic rings. The van der Waals surface area contributed by atoms with Gasteiger partial charge in [-0.15, -0.1) is 0 Å². The van der Waals surface area contributed by atoms with Crippen LogP contribution >= 0.6 is 0 Å². The van der Waals surface area contributed by atoms with E-state index in [0.717, 1.165) is 12.8 Å². The third-order valence-electron chi connectivity index (χ3n) is 5.38. The van der Waals surface area contributed by atoms with E-state index in [2.05, 4.69) is 10.6 Å². The Bertz CT molecular complexity index is 709. The topological polar surface area (TPSA) is 206 Å². The average Bonchev–Trinajstić information content (AvgIpc) is 2.87. The summed E-state index contributed by atoms with van der Waals surface area (Å²) in [5.74, 6) is -2.20. The SMILES string of the molecule is CC(=O)N(O)CCCCNC(=O)CCC(=O)N(O)CCCCCN(O)C(=O)CCC(=O)NCCCCN. The van der Waals surface area contributed by atoms with E-state index in [-0.39, 0.29) is 57.1 Å². The van der Waals surface area contributed by atoms with E-state index >= 15 is 0 Å². The van der Waals surface area contributed by atoms with Crippen molar-refractivity contribution in [3.05, 3.63) is 0 Å². The Labute approximate surface area is 218 Å². The average molecular weight is 533 g/mol. The fourth-order valence-corrected chi connectivity index (χ4v) is 3.09. The van der Waals surface area contributed by atoms with E-state index in [1.165, 1.54) is 6.92 Å². The number of nitrogens with zero attached hydrogens (tertiary/aromatic N) is 3. The molecule has 0 aromatic carbocycles. The maximum Gasteiger partial charge on any atom is 0.246 e. The molecule has 0 rings (SSSR count). The zero-order valence-electron chi connectivity index (χ0n) is 21.8. The molecular weight excluding hydrogens is 488 g/mol. The van der Waals surface area contributed by atoms with E-state index in [1.54, 1.807) is 0 Å². The standard InChI is InChI=1S/C23H44N6O8/c1-19(30)27(35)16-8-5-15-26-21(32)10-12-23(34)29(37)18-7-2-6-17-28(36)22(33)11-9-20(31)25-14-4-3-13-24/h35-37H,2-18,24H2,1H3,(H,25,31)(H,26,32). The second kappa shape index (κ2) is 21.3. The third kappa shape index (κ3) is 19.0. The zero-order valence-corrected chi connectivity index (χ0v) is 21.8. The number of nitrogens with one attached hydrogen (secondary N) is 2. The smallest absolute Gasteiger partial charge is 0.246 e. The van der Waals surface area contributed by atoms with Crippen molar-refractivity contribution < 1.29 is 39.6 Å². The zero-order chi connectivity index (χ0) is 28.1. The summed E-state index contributed by atoms with van der Waals surface area (Å²) in [6, 6.07) is 0. The van der Waals surface area contributed by atoms with Crippen LogP contribution in [0.3, 0.4) is 0 Å². The van der Waals surface area contributed by atoms with Gasteiger partial charge in [-0.05, 0) is 51.5 Å². The minimum absolute atomic E-state index is 0.0122. The molecule has 0 aromatic heterocycles. The number of carbonyl (C=O) groups is 5. The van der Waals surface area contributed by atoms with Crippen LogP contribution in [-0.4, -0.2) is 99.6 Å². The third-order valence-corrected chi connectivity index (χ3v) is 5.38. The summed E-state index contributed by atoms with van der Waals surface area (Å²) in [4.78, 5) is 58.1. The van der Waals surface area contributed by atoms with E-state index < -0.39 is 17.7 Å². The van der Waals surface area contributed by atoms with Gasteiger partial charge in [0, 0.05) is 65.3 Å². The number of carbonyl (C=O) groups excluding carboxylic acids is 5. The molecule has 0 aliphatic carbocycles. The summed E-state index contributed by atoms with van der Waals surface area (Å²) in [5.41, 5.74) is 5.37. The fourth-order valence-electron chi connectivity index (χ4n) is 3.09. The molecule has 0 unspecified atom stereocenters. The number of rotatable bonds is 21. The molecule has 0 atom stereocenters. The molecular formula is C23H44N6O8. The molecule has 0 fully saturated rings. The van der Waals surface area contributed by atoms with E-state index in [1.807, 2.05) is 0 Å². The van der Waals surface area contributed by atoms with Crippen LogP contribution in [0.1, 0.15) is 77.6 Å². The first-order valence-corrected chi connectivity index (χ1v) is 12.8. The van der Waals surface area contributed by atoms with E-state index in [4.69, 9.17) is 5.73 Å². The second-order valence-electron chi connectivity index (χ2n) is 8.64. The van der Waals surface area contributed by atoms with Gasteiger partial charge in [0.1, 0.15) is 0 Å². The van der Waals surface area contributed by atoms with Crippen molar-refractivity contribution in [2.24, 2.45) is 5.73 Å². The first kappa shape index (κ1) is 34.2. The highest BCUT2D eigenvalue weighted by Crippen LogP contribution is 2.04. The van der Waals surface area contributed by atoms with Crippen molar-refractivity contribution in [3.63, 3.8) is 0 Å². The maximum atomic E-state index is 11.9. The predicted molar refractivity (Wildman–Crippen MR) is 132 cm³/mol. The summed E-state index contributed by atoms with van der Waals surface area (Å²) in [7, 11) is 0. The van der Waals surface area contributed by atoms with E-state index in [9.17, 15) is 39.6 Å². The van der Waals surface area contributed by atoms with Crippen LogP contribution in [0, 0.1) is 0 Å². The Balaban J connectivity index is 3.83. The van der Waals surface area contributed by atoms with E-state index in [0.29, 0.717) is 66.9 Å². The Kier molecular flexibility index (Phi) is 19.7. The van der Waals surface area contributed by atoms with Crippen molar-refractivity contribution >= 4 is 29.5 Å². The van der Waals surface area contributed by atoms with Crippen LogP contribution in [0.15, 0.2) is 0 Å². The molecule has 14 heteroatoms. The molecule has 0 spiro atoms. The summed E-state index contributed by atoms with van der Waals surface area (Å²) >= 11 is 0. The minimum atomic E-state index is -0.590. The molecule has 214 valence electrons. The van der Waals surface area contributed by atoms with Crippen molar-refractivity contribution in [1.29, 1.82) is 0 Å². The van der Waals surface area contributed by atoms with Crippen molar-refractivity contribution in [3.8, 4) is 0 Å². The second-order valence-corrected chi connectivity index (χ2v) is 8.64. The lowest BCUT2D eigenvalue weighted by atomic mass is 10.2. The number of unbranched alkanes of at least 4 members (excludes halogenated alkanes) is 4. The number of hydroxylamine groups is 6. The lowest BCUT2D eigenvalue weighted by molar-refractivity contribution is -0.167. The lowest BCUT2D eigenvalue weighted by Crippen LogP contribution is -2.32. The number of nitrogens with two attached hydrogens (primary N) is 1. The Morgan fingerprint density at radius 3 is 1.43 bits per heavy atom. The molecule has 0 saturated carbocycles. The summed E-state index contributed by atoms with van der Waals surface area (Å²) < 4.78 is 0. The van der Waals surface area contributed by atoms with Gasteiger partial charge < -0.3 is 16.4 Å². The number of hydrogen-bond donors (Lipinski definition) is 6. The molecule has 0 heterocycles. The molecule has 0 saturated heterocycles. The van der Waals surface area contributed by atoms with Crippen LogP contribution in [0.4, 0.5) is 0 Å². The summed E-state index contributed by atoms with van der Waals surface area (Å²) in [6.07, 6.45) is 3.70. The van der Waals surface area contributed by atoms with Crippen molar-refractivity contribution in [2.75, 3.05) is 39.3 Å². The summed E-state index contributed by atoms with van der Waals surface area (Å²) in [6.45, 7) is 2.94. The maximum absolute atomic E-state index is 11.9. The molecule has 0 bridgehead atoms. The Morgan fingerprint density at radius 2 is 1.00 bits per heavy atom. The quantitative estimate of drug-likeness (QED) is 0.0674. The van der Waals surface area contributed by atoms with Crippen LogP contribution < -0.4 is 16.4 Å². The first-order valence-electron chi connectivity index (χ1n) is 12.8. The summed E-state index contributed by atoms with van der Waals surface area (Å²) in [5, 5.41) is 35.9. The highest BCUT2D eigenvalue weighted by molar-refractivity contribution is 5.83. The van der Waals surface area contributed by atoms with Gasteiger partial charge >= 0.3 is 0 Å². The van der Waals surface area contributed by atoms with Crippen molar-refractivity contribution in [2.45, 2.75) is 77.6 Å². The van der Waals surface area contributed by atoms with Gasteiger partial charge in [-0.3, -0.25) is 39.6 Å². The molecule has 0 aromatic rings. The Hall–Kier alpha value is -2.81. The van der Waals surface area contributed by atoms with Gasteiger partial charge in [0.2, 0.25) is 29.5 Å². The van der Waals surface area contributed by atoms with Crippen LogP contribution in [0.2, 0.25) is 0 Å². The predicted octanol–water partition coefficient (Wildman–Crippen LogP) is 0.142. The molecule has 0 radical (unpaired) electrons. The molecule has 37 heavy (non-hydrogen) atoms. The van der Waals surface area contributed by atoms with Gasteiger partial charge in [-0.25, -0.2) is 15.2 Å². The van der Waals surface area contributed by atoms with Gasteiger partial charge in [-0.1, -0.05) is 0 Å². The van der Waals surface area contributed by atoms with Crippen molar-refractivity contribution in [1.82, 2.24) is 25.8 Å². The molecule has 5 amide bonds. The van der Waals surface area contributed by atoms with Crippen LogP contribution in [-0.2, 0) is 24.0 Å². The highest BCUT2D eigenvalue weighted by atomic mass is 16.5.